The minimum atomic E-state index is -0.0813. The quantitative estimate of drug-likeness (QED) is 0.566. The maximum atomic E-state index is 5.79. The highest BCUT2D eigenvalue weighted by atomic mass is 16.7. The van der Waals surface area contributed by atoms with E-state index in [0.717, 1.165) is 36.9 Å². The maximum absolute atomic E-state index is 5.79. The third-order valence-corrected chi connectivity index (χ3v) is 4.96. The zero-order valence-corrected chi connectivity index (χ0v) is 7.87. The zero-order chi connectivity index (χ0) is 8.47. The molecule has 0 aromatic carbocycles. The van der Waals surface area contributed by atoms with Gasteiger partial charge in [0.25, 0.3) is 0 Å². The van der Waals surface area contributed by atoms with Gasteiger partial charge in [0.15, 0.2) is 5.79 Å². The molecule has 72 valence electrons. The van der Waals surface area contributed by atoms with Crippen LogP contribution >= 0.6 is 0 Å². The Morgan fingerprint density at radius 2 is 1.85 bits per heavy atom. The van der Waals surface area contributed by atoms with E-state index in [9.17, 15) is 0 Å². The molecule has 0 N–H and O–H groups in total. The second kappa shape index (κ2) is 2.12. The summed E-state index contributed by atoms with van der Waals surface area (Å²) in [7, 11) is 0. The van der Waals surface area contributed by atoms with Crippen molar-refractivity contribution in [2.24, 2.45) is 23.7 Å². The van der Waals surface area contributed by atoms with Crippen LogP contribution in [0.4, 0.5) is 0 Å². The van der Waals surface area contributed by atoms with Crippen LogP contribution in [0.15, 0.2) is 0 Å². The highest BCUT2D eigenvalue weighted by molar-refractivity contribution is 5.10. The first-order valence-electron chi connectivity index (χ1n) is 5.67. The van der Waals surface area contributed by atoms with Crippen molar-refractivity contribution in [2.45, 2.75) is 31.5 Å². The Kier molecular flexibility index (Phi) is 1.18. The van der Waals surface area contributed by atoms with Gasteiger partial charge in [-0.3, -0.25) is 0 Å². The summed E-state index contributed by atoms with van der Waals surface area (Å²) >= 11 is 0. The molecule has 0 aromatic heterocycles. The van der Waals surface area contributed by atoms with Gasteiger partial charge in [-0.15, -0.1) is 0 Å². The van der Waals surface area contributed by atoms with Gasteiger partial charge in [-0.25, -0.2) is 0 Å². The van der Waals surface area contributed by atoms with Crippen LogP contribution in [0.3, 0.4) is 0 Å². The Hall–Kier alpha value is -0.0800. The normalized spacial score (nSPS) is 55.4. The van der Waals surface area contributed by atoms with Crippen molar-refractivity contribution >= 4 is 0 Å². The molecule has 2 nitrogen and oxygen atoms in total. The molecule has 4 rings (SSSR count). The molecule has 0 unspecified atom stereocenters. The van der Waals surface area contributed by atoms with Gasteiger partial charge in [0.1, 0.15) is 0 Å². The molecule has 3 aliphatic carbocycles. The number of fused-ring (bicyclic) bond motifs is 4. The van der Waals surface area contributed by atoms with E-state index in [1.165, 1.54) is 25.7 Å². The first-order chi connectivity index (χ1) is 6.39. The lowest BCUT2D eigenvalue weighted by atomic mass is 9.64. The lowest BCUT2D eigenvalue weighted by Gasteiger charge is -2.50. The predicted octanol–water partition coefficient (Wildman–Crippen LogP) is 1.80. The van der Waals surface area contributed by atoms with E-state index in [4.69, 9.17) is 9.47 Å². The summed E-state index contributed by atoms with van der Waals surface area (Å²) in [6.07, 6.45) is 5.57. The molecule has 4 fully saturated rings. The molecule has 1 saturated heterocycles. The maximum Gasteiger partial charge on any atom is 0.171 e. The molecule has 0 radical (unpaired) electrons. The van der Waals surface area contributed by atoms with Gasteiger partial charge in [0.05, 0.1) is 13.2 Å². The van der Waals surface area contributed by atoms with Crippen LogP contribution < -0.4 is 0 Å². The van der Waals surface area contributed by atoms with Crippen LogP contribution in [0.1, 0.15) is 25.7 Å². The summed E-state index contributed by atoms with van der Waals surface area (Å²) in [5, 5.41) is 0. The Morgan fingerprint density at radius 1 is 1.00 bits per heavy atom. The molecular weight excluding hydrogens is 164 g/mol. The molecule has 1 spiro atoms. The summed E-state index contributed by atoms with van der Waals surface area (Å²) in [6, 6.07) is 0. The fourth-order valence-electron chi connectivity index (χ4n) is 4.17. The van der Waals surface area contributed by atoms with Gasteiger partial charge in [0.2, 0.25) is 0 Å². The molecular formula is C11H16O2. The van der Waals surface area contributed by atoms with Crippen molar-refractivity contribution in [3.63, 3.8) is 0 Å². The van der Waals surface area contributed by atoms with E-state index in [0.29, 0.717) is 0 Å². The molecule has 3 saturated carbocycles. The van der Waals surface area contributed by atoms with Gasteiger partial charge in [-0.2, -0.15) is 0 Å². The Morgan fingerprint density at radius 3 is 2.46 bits per heavy atom. The molecule has 0 aromatic rings. The number of ether oxygens (including phenoxy) is 2. The van der Waals surface area contributed by atoms with Crippen molar-refractivity contribution < 1.29 is 9.47 Å². The second-order valence-corrected chi connectivity index (χ2v) is 5.22. The summed E-state index contributed by atoms with van der Waals surface area (Å²) < 4.78 is 11.6. The highest BCUT2D eigenvalue weighted by Crippen LogP contribution is 2.66. The van der Waals surface area contributed by atoms with Crippen LogP contribution in [-0.2, 0) is 9.47 Å². The van der Waals surface area contributed by atoms with E-state index in [2.05, 4.69) is 0 Å². The minimum absolute atomic E-state index is 0.0813. The van der Waals surface area contributed by atoms with Gasteiger partial charge in [-0.1, -0.05) is 0 Å². The lowest BCUT2D eigenvalue weighted by molar-refractivity contribution is -0.272. The first-order valence-corrected chi connectivity index (χ1v) is 5.67. The Labute approximate surface area is 78.6 Å². The van der Waals surface area contributed by atoms with Crippen molar-refractivity contribution in [3.05, 3.63) is 0 Å². The number of hydrogen-bond donors (Lipinski definition) is 0. The molecule has 1 heterocycles. The minimum Gasteiger partial charge on any atom is -0.347 e. The average molecular weight is 180 g/mol. The highest BCUT2D eigenvalue weighted by Gasteiger charge is 2.66. The third-order valence-electron chi connectivity index (χ3n) is 4.96. The van der Waals surface area contributed by atoms with E-state index < -0.39 is 0 Å². The standard InChI is InChI=1S/C11H16O2/c1-2-8-7(1)5-10-9(8)6-11(10)12-3-4-13-11/h7-10H,1-6H2/t7-,8-,9+,10-/m1/s1. The molecule has 4 aliphatic rings. The van der Waals surface area contributed by atoms with Crippen molar-refractivity contribution in [2.75, 3.05) is 13.2 Å². The average Bonchev–Trinajstić information content (AvgIpc) is 2.57. The van der Waals surface area contributed by atoms with Gasteiger partial charge in [0, 0.05) is 12.3 Å². The number of hydrogen-bond acceptors (Lipinski definition) is 2. The summed E-state index contributed by atoms with van der Waals surface area (Å²) in [4.78, 5) is 0. The van der Waals surface area contributed by atoms with Crippen LogP contribution in [0.2, 0.25) is 0 Å². The topological polar surface area (TPSA) is 18.5 Å². The monoisotopic (exact) mass is 180 g/mol. The summed E-state index contributed by atoms with van der Waals surface area (Å²) in [6.45, 7) is 1.66. The van der Waals surface area contributed by atoms with E-state index in [1.54, 1.807) is 0 Å². The largest absolute Gasteiger partial charge is 0.347 e. The summed E-state index contributed by atoms with van der Waals surface area (Å²) in [5.41, 5.74) is 0. The Bertz CT molecular complexity index is 244. The van der Waals surface area contributed by atoms with Crippen LogP contribution in [0.25, 0.3) is 0 Å². The molecule has 1 aliphatic heterocycles. The van der Waals surface area contributed by atoms with E-state index >= 15 is 0 Å². The zero-order valence-electron chi connectivity index (χ0n) is 7.87. The molecule has 4 atom stereocenters. The van der Waals surface area contributed by atoms with Crippen molar-refractivity contribution in [1.82, 2.24) is 0 Å². The second-order valence-electron chi connectivity index (χ2n) is 5.22. The van der Waals surface area contributed by atoms with Crippen molar-refractivity contribution in [3.8, 4) is 0 Å². The predicted molar refractivity (Wildman–Crippen MR) is 47.1 cm³/mol. The van der Waals surface area contributed by atoms with Crippen LogP contribution in [0.5, 0.6) is 0 Å². The third kappa shape index (κ3) is 0.701. The van der Waals surface area contributed by atoms with Gasteiger partial charge in [-0.05, 0) is 37.0 Å². The van der Waals surface area contributed by atoms with E-state index in [1.807, 2.05) is 0 Å². The number of rotatable bonds is 0. The fraction of sp³-hybridized carbons (Fsp3) is 1.00. The Balaban J connectivity index is 1.61. The summed E-state index contributed by atoms with van der Waals surface area (Å²) in [5.74, 6) is 3.76. The molecule has 13 heavy (non-hydrogen) atoms. The van der Waals surface area contributed by atoms with Gasteiger partial charge < -0.3 is 9.47 Å². The first kappa shape index (κ1) is 7.24. The molecule has 0 amide bonds. The molecule has 2 heteroatoms. The van der Waals surface area contributed by atoms with E-state index in [-0.39, 0.29) is 5.79 Å². The SMILES string of the molecule is C1COC2(C[C@H]3[C@@H]4CC[C@@H]4C[C@H]32)O1. The van der Waals surface area contributed by atoms with Gasteiger partial charge >= 0.3 is 0 Å². The van der Waals surface area contributed by atoms with Crippen LogP contribution in [-0.4, -0.2) is 19.0 Å². The molecule has 0 bridgehead atoms. The lowest BCUT2D eigenvalue weighted by Crippen LogP contribution is -2.54. The fourth-order valence-corrected chi connectivity index (χ4v) is 4.17. The van der Waals surface area contributed by atoms with Crippen LogP contribution in [0, 0.1) is 23.7 Å². The van der Waals surface area contributed by atoms with Crippen molar-refractivity contribution in [1.29, 1.82) is 0 Å². The smallest absolute Gasteiger partial charge is 0.171 e.